The number of methoxy groups -OCH3 is 3. The van der Waals surface area contributed by atoms with Crippen LogP contribution in [-0.4, -0.2) is 58.2 Å². The summed E-state index contributed by atoms with van der Waals surface area (Å²) in [4.78, 5) is 45.1. The second-order valence-corrected chi connectivity index (χ2v) is 19.5. The molecule has 4 aliphatic rings. The third kappa shape index (κ3) is 9.13. The molecule has 0 saturated heterocycles. The summed E-state index contributed by atoms with van der Waals surface area (Å²) in [5, 5.41) is 22.4. The van der Waals surface area contributed by atoms with Gasteiger partial charge in [-0.1, -0.05) is 66.7 Å². The number of aromatic amines is 2. The molecule has 8 bridgehead atoms. The highest BCUT2D eigenvalue weighted by Gasteiger charge is 2.24. The molecule has 0 atom stereocenters. The number of carbonyl (C=O) groups excluding carboxylic acids is 1. The first-order valence-corrected chi connectivity index (χ1v) is 26.0. The number of benzene rings is 7. The van der Waals surface area contributed by atoms with Gasteiger partial charge in [-0.05, 0) is 155 Å². The van der Waals surface area contributed by atoms with Crippen LogP contribution in [0, 0.1) is 5.41 Å². The lowest BCUT2D eigenvalue weighted by Crippen LogP contribution is -2.11. The number of hydrogen-bond acceptors (Lipinski definition) is 9. The highest BCUT2D eigenvalue weighted by atomic mass is 16.5. The Kier molecular flexibility index (Phi) is 12.5. The van der Waals surface area contributed by atoms with E-state index in [-0.39, 0.29) is 16.8 Å². The Labute approximate surface area is 463 Å². The van der Waals surface area contributed by atoms with Gasteiger partial charge in [0.2, 0.25) is 0 Å². The molecular formula is C68H48N6O7. The number of nitrogens with zero attached hydrogens (tertiary/aromatic N) is 2. The number of carboxylic acids is 1. The minimum Gasteiger partial charge on any atom is -0.497 e. The minimum atomic E-state index is -1.07. The van der Waals surface area contributed by atoms with Crippen molar-refractivity contribution in [2.45, 2.75) is 0 Å². The van der Waals surface area contributed by atoms with Gasteiger partial charge < -0.3 is 44.4 Å². The molecule has 0 fully saturated rings. The van der Waals surface area contributed by atoms with Gasteiger partial charge in [0.15, 0.2) is 0 Å². The standard InChI is InChI=1S/C68H48N6O7/c1-78-45-12-6-9-40(33-45)63-54-27-25-52(71-54)62(38-17-19-39(20-18-38)67(75)70-44-22-24-51-61(37-44)81-60-36-43(69)21-23-50(60)66(51)48-15-4-5-16-49(48)68(76)77)53-26-28-55(72-53)64(41-10-7-13-46(34-41)79-2)57-30-32-59(74-57)65(58-31-29-56(63)73-58)42-11-8-14-47(35-42)80-3/h4-37,69,71,74H,1-3H3,(H,70,75)(H,76,77). The van der Waals surface area contributed by atoms with E-state index in [1.165, 1.54) is 0 Å². The van der Waals surface area contributed by atoms with Gasteiger partial charge in [0, 0.05) is 84.2 Å². The lowest BCUT2D eigenvalue weighted by molar-refractivity contribution is 0.0697. The van der Waals surface area contributed by atoms with E-state index in [2.05, 4.69) is 39.6 Å². The number of rotatable bonds is 11. The number of H-pyrrole nitrogens is 2. The molecule has 6 heterocycles. The molecule has 0 saturated carbocycles. The quantitative estimate of drug-likeness (QED) is 0.0785. The Morgan fingerprint density at radius 2 is 0.988 bits per heavy atom. The Balaban J connectivity index is 0.978. The van der Waals surface area contributed by atoms with Crippen molar-refractivity contribution in [2.24, 2.45) is 0 Å². The summed E-state index contributed by atoms with van der Waals surface area (Å²) >= 11 is 0. The molecule has 9 aromatic rings. The maximum Gasteiger partial charge on any atom is 0.336 e. The number of fused-ring (bicyclic) bond motifs is 10. The molecule has 1 aliphatic carbocycles. The Bertz CT molecular complexity index is 4620. The maximum atomic E-state index is 14.2. The fourth-order valence-corrected chi connectivity index (χ4v) is 10.9. The van der Waals surface area contributed by atoms with Gasteiger partial charge in [-0.3, -0.25) is 4.79 Å². The third-order valence-electron chi connectivity index (χ3n) is 14.7. The summed E-state index contributed by atoms with van der Waals surface area (Å²) in [5.41, 5.74) is 16.2. The number of nitrogens with one attached hydrogen (secondary N) is 4. The van der Waals surface area contributed by atoms with Gasteiger partial charge >= 0.3 is 5.97 Å². The average Bonchev–Trinajstić information content (AvgIpc) is 4.46. The second-order valence-electron chi connectivity index (χ2n) is 19.5. The lowest BCUT2D eigenvalue weighted by Gasteiger charge is -2.17. The van der Waals surface area contributed by atoms with Crippen LogP contribution in [0.15, 0.2) is 186 Å². The van der Waals surface area contributed by atoms with Crippen molar-refractivity contribution in [3.8, 4) is 84.2 Å². The van der Waals surface area contributed by atoms with Gasteiger partial charge in [-0.2, -0.15) is 0 Å². The molecule has 13 rings (SSSR count). The Morgan fingerprint density at radius 3 is 1.48 bits per heavy atom. The fourth-order valence-electron chi connectivity index (χ4n) is 10.9. The highest BCUT2D eigenvalue weighted by molar-refractivity contribution is 6.10. The van der Waals surface area contributed by atoms with Crippen LogP contribution < -0.4 is 24.9 Å². The number of anilines is 1. The summed E-state index contributed by atoms with van der Waals surface area (Å²) in [7, 11) is 4.97. The zero-order chi connectivity index (χ0) is 55.3. The topological polar surface area (TPSA) is 188 Å². The van der Waals surface area contributed by atoms with E-state index in [0.717, 1.165) is 78.0 Å². The van der Waals surface area contributed by atoms with Gasteiger partial charge in [-0.25, -0.2) is 14.8 Å². The predicted octanol–water partition coefficient (Wildman–Crippen LogP) is 15.3. The number of hydrogen-bond donors (Lipinski definition) is 5. The molecule has 13 nitrogen and oxygen atoms in total. The molecule has 3 aromatic heterocycles. The maximum absolute atomic E-state index is 14.2. The number of amides is 1. The van der Waals surface area contributed by atoms with Gasteiger partial charge in [0.05, 0.1) is 55.0 Å². The van der Waals surface area contributed by atoms with Gasteiger partial charge in [0.25, 0.3) is 5.91 Å². The first-order chi connectivity index (χ1) is 39.6. The fraction of sp³-hybridized carbons (Fsp3) is 0.0441. The van der Waals surface area contributed by atoms with Crippen LogP contribution in [0.5, 0.6) is 17.2 Å². The molecule has 3 aliphatic heterocycles. The molecule has 6 aromatic carbocycles. The largest absolute Gasteiger partial charge is 0.497 e. The molecule has 392 valence electrons. The molecule has 81 heavy (non-hydrogen) atoms. The third-order valence-corrected chi connectivity index (χ3v) is 14.7. The molecule has 0 spiro atoms. The number of ether oxygens (including phenoxy) is 3. The van der Waals surface area contributed by atoms with Crippen molar-refractivity contribution in [2.75, 3.05) is 26.6 Å². The monoisotopic (exact) mass is 1060 g/mol. The van der Waals surface area contributed by atoms with E-state index < -0.39 is 5.97 Å². The van der Waals surface area contributed by atoms with Crippen molar-refractivity contribution < 1.29 is 33.3 Å². The highest BCUT2D eigenvalue weighted by Crippen LogP contribution is 2.43. The minimum absolute atomic E-state index is 0.129. The van der Waals surface area contributed by atoms with Crippen LogP contribution in [0.1, 0.15) is 43.5 Å². The molecule has 0 unspecified atom stereocenters. The summed E-state index contributed by atoms with van der Waals surface area (Å²) in [6, 6.07) is 56.6. The summed E-state index contributed by atoms with van der Waals surface area (Å²) < 4.78 is 23.6. The first kappa shape index (κ1) is 49.5. The van der Waals surface area contributed by atoms with Crippen molar-refractivity contribution in [3.05, 3.63) is 221 Å². The molecule has 13 heteroatoms. The normalized spacial score (nSPS) is 11.7. The predicted molar refractivity (Wildman–Crippen MR) is 319 cm³/mol. The van der Waals surface area contributed by atoms with E-state index in [4.69, 9.17) is 34.0 Å². The van der Waals surface area contributed by atoms with Gasteiger partial charge in [0.1, 0.15) is 28.6 Å². The number of carboxylic acid groups (broad SMARTS) is 1. The molecule has 5 N–H and O–H groups in total. The second kappa shape index (κ2) is 20.4. The SMILES string of the molecule is COc1cccc(-c2c3nc(c(-c4cccc(OC)c4)c4ccc([nH]4)c(-c4cccc(OC)c4)c4nc(c(-c5ccc(C(=O)Nc6ccc7c(-c8ccccc8C(=O)O)c8ccc(=N)cc-8oc7c6)cc5)c5ccc2[nH]5)C=C4)C=C3)c1. The van der Waals surface area contributed by atoms with Crippen LogP contribution in [0.25, 0.3) is 124 Å². The van der Waals surface area contributed by atoms with E-state index in [1.54, 1.807) is 88.1 Å². The number of aromatic carboxylic acids is 1. The van der Waals surface area contributed by atoms with Crippen LogP contribution in [0.4, 0.5) is 5.69 Å². The van der Waals surface area contributed by atoms with Crippen LogP contribution in [0.3, 0.4) is 0 Å². The number of carbonyl (C=O) groups is 2. The smallest absolute Gasteiger partial charge is 0.336 e. The average molecular weight is 1060 g/mol. The first-order valence-electron chi connectivity index (χ1n) is 26.0. The zero-order valence-electron chi connectivity index (χ0n) is 43.9. The van der Waals surface area contributed by atoms with Crippen LogP contribution in [-0.2, 0) is 0 Å². The molecular weight excluding hydrogens is 1010 g/mol. The van der Waals surface area contributed by atoms with Crippen molar-refractivity contribution >= 4 is 74.9 Å². The molecule has 0 radical (unpaired) electrons. The summed E-state index contributed by atoms with van der Waals surface area (Å²) in [5.74, 6) is 1.08. The summed E-state index contributed by atoms with van der Waals surface area (Å²) in [6.07, 6.45) is 8.13. The van der Waals surface area contributed by atoms with E-state index in [0.29, 0.717) is 73.3 Å². The van der Waals surface area contributed by atoms with E-state index in [9.17, 15) is 14.7 Å². The Morgan fingerprint density at radius 1 is 0.494 bits per heavy atom. The Hall–Kier alpha value is -11.1. The van der Waals surface area contributed by atoms with Crippen molar-refractivity contribution in [1.82, 2.24) is 19.9 Å². The van der Waals surface area contributed by atoms with E-state index in [1.807, 2.05) is 115 Å². The van der Waals surface area contributed by atoms with Crippen LogP contribution >= 0.6 is 0 Å². The molecule has 1 amide bonds. The zero-order valence-corrected chi connectivity index (χ0v) is 43.9. The lowest BCUT2D eigenvalue weighted by atomic mass is 9.90. The summed E-state index contributed by atoms with van der Waals surface area (Å²) in [6.45, 7) is 0. The van der Waals surface area contributed by atoms with Gasteiger partial charge in [-0.15, -0.1) is 0 Å². The van der Waals surface area contributed by atoms with Crippen molar-refractivity contribution in [1.29, 1.82) is 5.41 Å². The van der Waals surface area contributed by atoms with E-state index >= 15 is 0 Å². The van der Waals surface area contributed by atoms with Crippen molar-refractivity contribution in [3.63, 3.8) is 0 Å². The number of aromatic nitrogens is 4. The van der Waals surface area contributed by atoms with Crippen LogP contribution in [0.2, 0.25) is 0 Å².